The lowest BCUT2D eigenvalue weighted by Gasteiger charge is -2.05. The SMILES string of the molecule is Cc1ccc(C(=O)NCc2cnc[nH]2)c(F)c1. The molecule has 0 saturated heterocycles. The second-order valence-corrected chi connectivity index (χ2v) is 3.74. The van der Waals surface area contributed by atoms with Crippen molar-refractivity contribution in [1.29, 1.82) is 0 Å². The number of hydrogen-bond donors (Lipinski definition) is 2. The Balaban J connectivity index is 2.04. The van der Waals surface area contributed by atoms with Gasteiger partial charge < -0.3 is 10.3 Å². The molecule has 0 fully saturated rings. The van der Waals surface area contributed by atoms with E-state index in [0.29, 0.717) is 6.54 Å². The lowest BCUT2D eigenvalue weighted by Crippen LogP contribution is -2.24. The molecule has 1 aromatic heterocycles. The fourth-order valence-electron chi connectivity index (χ4n) is 1.46. The Hall–Kier alpha value is -2.17. The summed E-state index contributed by atoms with van der Waals surface area (Å²) in [5, 5.41) is 2.61. The van der Waals surface area contributed by atoms with Crippen LogP contribution in [-0.4, -0.2) is 15.9 Å². The second kappa shape index (κ2) is 4.78. The van der Waals surface area contributed by atoms with Crippen LogP contribution in [0.1, 0.15) is 21.6 Å². The number of benzene rings is 1. The Labute approximate surface area is 97.9 Å². The third kappa shape index (κ3) is 2.69. The summed E-state index contributed by atoms with van der Waals surface area (Å²) in [7, 11) is 0. The van der Waals surface area contributed by atoms with Crippen molar-refractivity contribution < 1.29 is 9.18 Å². The fraction of sp³-hybridized carbons (Fsp3) is 0.167. The van der Waals surface area contributed by atoms with Crippen molar-refractivity contribution in [2.24, 2.45) is 0 Å². The van der Waals surface area contributed by atoms with E-state index in [1.54, 1.807) is 19.2 Å². The molecule has 1 heterocycles. The summed E-state index contributed by atoms with van der Waals surface area (Å²) in [6.45, 7) is 2.07. The molecule has 1 aromatic carbocycles. The van der Waals surface area contributed by atoms with Crippen molar-refractivity contribution in [3.8, 4) is 0 Å². The lowest BCUT2D eigenvalue weighted by molar-refractivity contribution is 0.0946. The van der Waals surface area contributed by atoms with E-state index in [-0.39, 0.29) is 5.56 Å². The normalized spacial score (nSPS) is 10.2. The molecule has 0 unspecified atom stereocenters. The molecular weight excluding hydrogens is 221 g/mol. The molecule has 0 bridgehead atoms. The Morgan fingerprint density at radius 3 is 3.00 bits per heavy atom. The number of rotatable bonds is 3. The summed E-state index contributed by atoms with van der Waals surface area (Å²) < 4.78 is 13.5. The molecular formula is C12H12FN3O. The van der Waals surface area contributed by atoms with Crippen molar-refractivity contribution in [2.45, 2.75) is 13.5 Å². The Morgan fingerprint density at radius 2 is 2.35 bits per heavy atom. The highest BCUT2D eigenvalue weighted by atomic mass is 19.1. The van der Waals surface area contributed by atoms with E-state index in [9.17, 15) is 9.18 Å². The molecule has 0 aliphatic rings. The highest BCUT2D eigenvalue weighted by Gasteiger charge is 2.11. The van der Waals surface area contributed by atoms with Gasteiger partial charge in [-0.25, -0.2) is 9.37 Å². The van der Waals surface area contributed by atoms with Crippen molar-refractivity contribution >= 4 is 5.91 Å². The van der Waals surface area contributed by atoms with Gasteiger partial charge in [0.05, 0.1) is 24.1 Å². The Bertz CT molecular complexity index is 523. The van der Waals surface area contributed by atoms with E-state index < -0.39 is 11.7 Å². The first-order chi connectivity index (χ1) is 8.16. The molecule has 0 radical (unpaired) electrons. The summed E-state index contributed by atoms with van der Waals surface area (Å²) in [5.41, 5.74) is 1.61. The van der Waals surface area contributed by atoms with E-state index in [2.05, 4.69) is 15.3 Å². The predicted molar refractivity (Wildman–Crippen MR) is 60.9 cm³/mol. The third-order valence-electron chi connectivity index (χ3n) is 2.36. The van der Waals surface area contributed by atoms with Gasteiger partial charge in [-0.3, -0.25) is 4.79 Å². The maximum atomic E-state index is 13.5. The number of amides is 1. The van der Waals surface area contributed by atoms with E-state index in [1.165, 1.54) is 18.5 Å². The first-order valence-electron chi connectivity index (χ1n) is 5.18. The first kappa shape index (κ1) is 11.3. The second-order valence-electron chi connectivity index (χ2n) is 3.74. The Morgan fingerprint density at radius 1 is 1.53 bits per heavy atom. The van der Waals surface area contributed by atoms with Crippen LogP contribution in [0.3, 0.4) is 0 Å². The quantitative estimate of drug-likeness (QED) is 0.849. The molecule has 0 atom stereocenters. The van der Waals surface area contributed by atoms with E-state index >= 15 is 0 Å². The minimum Gasteiger partial charge on any atom is -0.347 e. The highest BCUT2D eigenvalue weighted by Crippen LogP contribution is 2.09. The molecule has 0 aliphatic carbocycles. The van der Waals surface area contributed by atoms with Crippen LogP contribution >= 0.6 is 0 Å². The maximum Gasteiger partial charge on any atom is 0.254 e. The number of aromatic nitrogens is 2. The van der Waals surface area contributed by atoms with Crippen LogP contribution in [0.25, 0.3) is 0 Å². The molecule has 1 amide bonds. The molecule has 2 rings (SSSR count). The number of nitrogens with one attached hydrogen (secondary N) is 2. The van der Waals surface area contributed by atoms with Gasteiger partial charge in [0.2, 0.25) is 0 Å². The number of hydrogen-bond acceptors (Lipinski definition) is 2. The van der Waals surface area contributed by atoms with Gasteiger partial charge in [0, 0.05) is 6.20 Å². The summed E-state index contributed by atoms with van der Waals surface area (Å²) in [4.78, 5) is 18.4. The molecule has 0 saturated carbocycles. The van der Waals surface area contributed by atoms with Crippen LogP contribution < -0.4 is 5.32 Å². The number of halogens is 1. The van der Waals surface area contributed by atoms with Gasteiger partial charge in [-0.1, -0.05) is 6.07 Å². The first-order valence-corrected chi connectivity index (χ1v) is 5.18. The van der Waals surface area contributed by atoms with E-state index in [4.69, 9.17) is 0 Å². The number of aryl methyl sites for hydroxylation is 1. The van der Waals surface area contributed by atoms with Crippen molar-refractivity contribution in [1.82, 2.24) is 15.3 Å². The highest BCUT2D eigenvalue weighted by molar-refractivity contribution is 5.94. The summed E-state index contributed by atoms with van der Waals surface area (Å²) in [6, 6.07) is 4.52. The zero-order valence-electron chi connectivity index (χ0n) is 9.33. The average molecular weight is 233 g/mol. The van der Waals surface area contributed by atoms with Crippen molar-refractivity contribution in [2.75, 3.05) is 0 Å². The van der Waals surface area contributed by atoms with Gasteiger partial charge in [0.15, 0.2) is 0 Å². The maximum absolute atomic E-state index is 13.5. The van der Waals surface area contributed by atoms with Crippen LogP contribution in [0.4, 0.5) is 4.39 Å². The molecule has 0 aliphatic heterocycles. The molecule has 0 spiro atoms. The molecule has 4 nitrogen and oxygen atoms in total. The zero-order valence-corrected chi connectivity index (χ0v) is 9.33. The monoisotopic (exact) mass is 233 g/mol. The minimum atomic E-state index is -0.507. The molecule has 5 heteroatoms. The Kier molecular flexibility index (Phi) is 3.18. The minimum absolute atomic E-state index is 0.0510. The number of nitrogens with zero attached hydrogens (tertiary/aromatic N) is 1. The number of aromatic amines is 1. The number of carbonyl (C=O) groups is 1. The van der Waals surface area contributed by atoms with Gasteiger partial charge in [-0.15, -0.1) is 0 Å². The van der Waals surface area contributed by atoms with Crippen molar-refractivity contribution in [3.05, 3.63) is 53.4 Å². The number of carbonyl (C=O) groups excluding carboxylic acids is 1. The van der Waals surface area contributed by atoms with E-state index in [0.717, 1.165) is 11.3 Å². The molecule has 17 heavy (non-hydrogen) atoms. The average Bonchev–Trinajstić information content (AvgIpc) is 2.78. The van der Waals surface area contributed by atoms with Gasteiger partial charge in [0.25, 0.3) is 5.91 Å². The topological polar surface area (TPSA) is 57.8 Å². The zero-order chi connectivity index (χ0) is 12.3. The predicted octanol–water partition coefficient (Wildman–Crippen LogP) is 1.79. The fourth-order valence-corrected chi connectivity index (χ4v) is 1.46. The van der Waals surface area contributed by atoms with Crippen LogP contribution in [0.15, 0.2) is 30.7 Å². The van der Waals surface area contributed by atoms with Gasteiger partial charge in [0.1, 0.15) is 5.82 Å². The van der Waals surface area contributed by atoms with Crippen LogP contribution in [0.2, 0.25) is 0 Å². The summed E-state index contributed by atoms with van der Waals surface area (Å²) in [6.07, 6.45) is 3.12. The molecule has 2 aromatic rings. The van der Waals surface area contributed by atoms with Crippen LogP contribution in [0, 0.1) is 12.7 Å². The largest absolute Gasteiger partial charge is 0.347 e. The van der Waals surface area contributed by atoms with Crippen LogP contribution in [0.5, 0.6) is 0 Å². The summed E-state index contributed by atoms with van der Waals surface area (Å²) >= 11 is 0. The van der Waals surface area contributed by atoms with Gasteiger partial charge in [-0.2, -0.15) is 0 Å². The van der Waals surface area contributed by atoms with Gasteiger partial charge >= 0.3 is 0 Å². The molecule has 88 valence electrons. The number of H-pyrrole nitrogens is 1. The smallest absolute Gasteiger partial charge is 0.254 e. The van der Waals surface area contributed by atoms with Gasteiger partial charge in [-0.05, 0) is 24.6 Å². The lowest BCUT2D eigenvalue weighted by atomic mass is 10.1. The standard InChI is InChI=1S/C12H12FN3O/c1-8-2-3-10(11(13)4-8)12(17)15-6-9-5-14-7-16-9/h2-5,7H,6H2,1H3,(H,14,16)(H,15,17). The van der Waals surface area contributed by atoms with Crippen molar-refractivity contribution in [3.63, 3.8) is 0 Å². The summed E-state index contributed by atoms with van der Waals surface area (Å²) in [5.74, 6) is -0.941. The van der Waals surface area contributed by atoms with E-state index in [1.807, 2.05) is 0 Å². The third-order valence-corrected chi connectivity index (χ3v) is 2.36. The van der Waals surface area contributed by atoms with Crippen LogP contribution in [-0.2, 0) is 6.54 Å². The number of imidazole rings is 1. The molecule has 2 N–H and O–H groups in total.